The average Bonchev–Trinajstić information content (AvgIpc) is 3.44. The second-order valence-corrected chi connectivity index (χ2v) is 8.33. The Morgan fingerprint density at radius 1 is 1.03 bits per heavy atom. The van der Waals surface area contributed by atoms with Crippen LogP contribution in [0.2, 0.25) is 0 Å². The molecule has 8 nitrogen and oxygen atoms in total. The summed E-state index contributed by atoms with van der Waals surface area (Å²) in [7, 11) is 0. The van der Waals surface area contributed by atoms with Gasteiger partial charge in [-0.05, 0) is 37.7 Å². The fourth-order valence-electron chi connectivity index (χ4n) is 4.34. The lowest BCUT2D eigenvalue weighted by atomic mass is 9.92. The molecule has 0 bridgehead atoms. The molecule has 1 atom stereocenters. The van der Waals surface area contributed by atoms with E-state index < -0.39 is 0 Å². The van der Waals surface area contributed by atoms with Gasteiger partial charge >= 0.3 is 0 Å². The summed E-state index contributed by atoms with van der Waals surface area (Å²) in [6, 6.07) is 11.3. The predicted octanol–water partition coefficient (Wildman–Crippen LogP) is 3.93. The smallest absolute Gasteiger partial charge is 0.227 e. The molecule has 1 aliphatic heterocycles. The van der Waals surface area contributed by atoms with E-state index >= 15 is 0 Å². The molecule has 32 heavy (non-hydrogen) atoms. The van der Waals surface area contributed by atoms with Crippen molar-refractivity contribution in [3.8, 4) is 0 Å². The summed E-state index contributed by atoms with van der Waals surface area (Å²) in [6.07, 6.45) is 7.02. The zero-order chi connectivity index (χ0) is 20.3. The number of ether oxygens (including phenoxy) is 1. The Morgan fingerprint density at radius 3 is 2.53 bits per heavy atom. The number of hydrogen-bond donors (Lipinski definition) is 3. The van der Waals surface area contributed by atoms with E-state index in [2.05, 4.69) is 32.3 Å². The monoisotopic (exact) mass is 479 g/mol. The van der Waals surface area contributed by atoms with Gasteiger partial charge in [-0.25, -0.2) is 4.98 Å². The van der Waals surface area contributed by atoms with E-state index in [0.29, 0.717) is 31.2 Å². The number of benzene rings is 1. The summed E-state index contributed by atoms with van der Waals surface area (Å²) in [6.45, 7) is 2.16. The SMILES string of the molecule is Cl.Cl.NC1CCC(Nc2nc(NCc3ccccc3)c3ncn(C4CCOC4)c3n2)CC1. The Kier molecular flexibility index (Phi) is 8.53. The molecule has 2 fully saturated rings. The second kappa shape index (κ2) is 11.1. The van der Waals surface area contributed by atoms with Crippen molar-refractivity contribution in [3.05, 3.63) is 42.2 Å². The molecule has 1 aliphatic carbocycles. The van der Waals surface area contributed by atoms with E-state index in [1.54, 1.807) is 0 Å². The highest BCUT2D eigenvalue weighted by Gasteiger charge is 2.24. The Morgan fingerprint density at radius 2 is 1.81 bits per heavy atom. The number of nitrogens with two attached hydrogens (primary N) is 1. The topological polar surface area (TPSA) is 103 Å². The van der Waals surface area contributed by atoms with Crippen LogP contribution < -0.4 is 16.4 Å². The van der Waals surface area contributed by atoms with Crippen LogP contribution in [0.25, 0.3) is 11.2 Å². The van der Waals surface area contributed by atoms with Gasteiger partial charge in [0.25, 0.3) is 0 Å². The number of nitrogens with zero attached hydrogens (tertiary/aromatic N) is 4. The molecule has 2 aliphatic rings. The number of fused-ring (bicyclic) bond motifs is 1. The third-order valence-electron chi connectivity index (χ3n) is 6.13. The van der Waals surface area contributed by atoms with Crippen LogP contribution >= 0.6 is 24.8 Å². The van der Waals surface area contributed by atoms with Crippen molar-refractivity contribution < 1.29 is 4.74 Å². The number of nitrogens with one attached hydrogen (secondary N) is 2. The molecular weight excluding hydrogens is 449 g/mol. The Labute approximate surface area is 200 Å². The fraction of sp³-hybridized carbons (Fsp3) is 0.500. The minimum Gasteiger partial charge on any atom is -0.379 e. The number of halogens is 2. The first-order valence-corrected chi connectivity index (χ1v) is 10.9. The first kappa shape index (κ1) is 24.5. The van der Waals surface area contributed by atoms with Gasteiger partial charge in [0.15, 0.2) is 17.0 Å². The molecule has 1 unspecified atom stereocenters. The van der Waals surface area contributed by atoms with Crippen molar-refractivity contribution in [1.29, 1.82) is 0 Å². The van der Waals surface area contributed by atoms with Gasteiger partial charge < -0.3 is 25.7 Å². The Balaban J connectivity index is 0.00000144. The summed E-state index contributed by atoms with van der Waals surface area (Å²) in [5, 5.41) is 7.02. The highest BCUT2D eigenvalue weighted by Crippen LogP contribution is 2.28. The zero-order valence-corrected chi connectivity index (χ0v) is 19.6. The van der Waals surface area contributed by atoms with Crippen LogP contribution in [0.15, 0.2) is 36.7 Å². The third kappa shape index (κ3) is 5.43. The molecule has 2 aromatic heterocycles. The molecule has 3 aromatic rings. The number of anilines is 2. The van der Waals surface area contributed by atoms with Crippen molar-refractivity contribution >= 4 is 47.7 Å². The van der Waals surface area contributed by atoms with Crippen molar-refractivity contribution in [2.75, 3.05) is 23.8 Å². The van der Waals surface area contributed by atoms with Crippen LogP contribution in [0, 0.1) is 0 Å². The molecule has 4 N–H and O–H groups in total. The van der Waals surface area contributed by atoms with E-state index in [4.69, 9.17) is 20.4 Å². The molecule has 0 amide bonds. The van der Waals surface area contributed by atoms with Crippen LogP contribution in [0.3, 0.4) is 0 Å². The summed E-state index contributed by atoms with van der Waals surface area (Å²) >= 11 is 0. The lowest BCUT2D eigenvalue weighted by molar-refractivity contribution is 0.187. The van der Waals surface area contributed by atoms with Gasteiger partial charge in [-0.1, -0.05) is 30.3 Å². The van der Waals surface area contributed by atoms with Crippen molar-refractivity contribution in [2.45, 2.75) is 56.8 Å². The van der Waals surface area contributed by atoms with E-state index in [9.17, 15) is 0 Å². The second-order valence-electron chi connectivity index (χ2n) is 8.33. The molecule has 0 spiro atoms. The van der Waals surface area contributed by atoms with Gasteiger partial charge in [0.2, 0.25) is 5.95 Å². The van der Waals surface area contributed by atoms with Gasteiger partial charge in [-0.2, -0.15) is 9.97 Å². The van der Waals surface area contributed by atoms with Gasteiger partial charge in [-0.15, -0.1) is 24.8 Å². The highest BCUT2D eigenvalue weighted by atomic mass is 35.5. The van der Waals surface area contributed by atoms with E-state index in [1.807, 2.05) is 24.5 Å². The van der Waals surface area contributed by atoms with Crippen molar-refractivity contribution in [2.24, 2.45) is 5.73 Å². The standard InChI is InChI=1S/C22H29N7O.2ClH/c23-16-6-8-17(9-7-16)26-22-27-20(24-12-15-4-2-1-3-5-15)19-21(28-22)29(14-25-19)18-10-11-30-13-18;;/h1-5,14,16-18H,6-13,23H2,(H2,24,26,27,28);2*1H. The number of aromatic nitrogens is 4. The molecular formula is C22H31Cl2N7O. The lowest BCUT2D eigenvalue weighted by Crippen LogP contribution is -2.33. The minimum absolute atomic E-state index is 0. The third-order valence-corrected chi connectivity index (χ3v) is 6.13. The summed E-state index contributed by atoms with van der Waals surface area (Å²) < 4.78 is 7.73. The largest absolute Gasteiger partial charge is 0.379 e. The van der Waals surface area contributed by atoms with Crippen LogP contribution in [-0.4, -0.2) is 44.8 Å². The lowest BCUT2D eigenvalue weighted by Gasteiger charge is -2.27. The molecule has 5 rings (SSSR count). The van der Waals surface area contributed by atoms with Gasteiger partial charge in [0.05, 0.1) is 19.0 Å². The van der Waals surface area contributed by atoms with Gasteiger partial charge in [-0.3, -0.25) is 0 Å². The molecule has 174 valence electrons. The zero-order valence-electron chi connectivity index (χ0n) is 17.9. The highest BCUT2D eigenvalue weighted by molar-refractivity contribution is 5.86. The number of hydrogen-bond acceptors (Lipinski definition) is 7. The van der Waals surface area contributed by atoms with Crippen LogP contribution in [0.4, 0.5) is 11.8 Å². The van der Waals surface area contributed by atoms with Crippen LogP contribution in [0.1, 0.15) is 43.7 Å². The molecule has 1 saturated heterocycles. The molecule has 1 aromatic carbocycles. The van der Waals surface area contributed by atoms with Crippen LogP contribution in [0.5, 0.6) is 0 Å². The van der Waals surface area contributed by atoms with Crippen molar-refractivity contribution in [3.63, 3.8) is 0 Å². The van der Waals surface area contributed by atoms with E-state index in [-0.39, 0.29) is 30.9 Å². The molecule has 0 radical (unpaired) electrons. The summed E-state index contributed by atoms with van der Waals surface area (Å²) in [5.74, 6) is 1.41. The number of imidazole rings is 1. The van der Waals surface area contributed by atoms with E-state index in [0.717, 1.165) is 55.7 Å². The van der Waals surface area contributed by atoms with Crippen LogP contribution in [-0.2, 0) is 11.3 Å². The van der Waals surface area contributed by atoms with E-state index in [1.165, 1.54) is 5.56 Å². The molecule has 3 heterocycles. The summed E-state index contributed by atoms with van der Waals surface area (Å²) in [4.78, 5) is 14.3. The first-order chi connectivity index (χ1) is 14.8. The molecule has 10 heteroatoms. The average molecular weight is 480 g/mol. The van der Waals surface area contributed by atoms with Gasteiger partial charge in [0, 0.05) is 25.2 Å². The predicted molar refractivity (Wildman–Crippen MR) is 132 cm³/mol. The maximum absolute atomic E-state index is 6.07. The maximum atomic E-state index is 6.07. The quantitative estimate of drug-likeness (QED) is 0.491. The summed E-state index contributed by atoms with van der Waals surface area (Å²) in [5.41, 5.74) is 8.92. The minimum atomic E-state index is 0. The van der Waals surface area contributed by atoms with Gasteiger partial charge in [0.1, 0.15) is 0 Å². The Bertz CT molecular complexity index is 987. The Hall–Kier alpha value is -2.13. The fourth-order valence-corrected chi connectivity index (χ4v) is 4.34. The maximum Gasteiger partial charge on any atom is 0.227 e. The van der Waals surface area contributed by atoms with Crippen molar-refractivity contribution in [1.82, 2.24) is 19.5 Å². The first-order valence-electron chi connectivity index (χ1n) is 10.9. The molecule has 1 saturated carbocycles. The normalized spacial score (nSPS) is 22.7. The number of rotatable bonds is 6.